The van der Waals surface area contributed by atoms with Gasteiger partial charge in [0, 0.05) is 17.2 Å². The first kappa shape index (κ1) is 27.6. The second-order valence-corrected chi connectivity index (χ2v) is 9.86. The van der Waals surface area contributed by atoms with Crippen molar-refractivity contribution in [2.45, 2.75) is 63.0 Å². The summed E-state index contributed by atoms with van der Waals surface area (Å²) in [6.07, 6.45) is -7.91. The van der Waals surface area contributed by atoms with Crippen LogP contribution in [0.15, 0.2) is 39.5 Å². The number of aromatic hydroxyl groups is 3. The molecule has 2 aromatic carbocycles. The molecule has 3 aromatic rings. The molecule has 1 aliphatic rings. The number of benzene rings is 2. The third-order valence-corrected chi connectivity index (χ3v) is 6.41. The van der Waals surface area contributed by atoms with Gasteiger partial charge in [0.15, 0.2) is 5.76 Å². The smallest absolute Gasteiger partial charge is 0.238 e. The fraction of sp³-hybridized carbons (Fsp3) is 0.423. The van der Waals surface area contributed by atoms with E-state index in [4.69, 9.17) is 13.9 Å². The van der Waals surface area contributed by atoms with E-state index in [0.717, 1.165) is 0 Å². The summed E-state index contributed by atoms with van der Waals surface area (Å²) in [7, 11) is 0. The topological polar surface area (TPSA) is 211 Å². The van der Waals surface area contributed by atoms with Gasteiger partial charge in [-0.2, -0.15) is 0 Å². The van der Waals surface area contributed by atoms with Crippen LogP contribution < -0.4 is 10.2 Å². The molecule has 206 valence electrons. The summed E-state index contributed by atoms with van der Waals surface area (Å²) < 4.78 is 17.0. The molecule has 1 aliphatic heterocycles. The van der Waals surface area contributed by atoms with Crippen molar-refractivity contribution in [1.82, 2.24) is 0 Å². The van der Waals surface area contributed by atoms with E-state index in [-0.39, 0.29) is 52.2 Å². The summed E-state index contributed by atoms with van der Waals surface area (Å²) >= 11 is 0. The maximum atomic E-state index is 13.1. The SMILES string of the molecule is CC(C)(O)CCc1c(O[C@@H]2OC(CO)[C@@H](O)[C@H](O)C2O)cc2oc(-c3ccc(O)cc3)c(O)c(=O)c2c1O. The zero-order valence-electron chi connectivity index (χ0n) is 20.6. The van der Waals surface area contributed by atoms with Crippen molar-refractivity contribution in [2.24, 2.45) is 0 Å². The van der Waals surface area contributed by atoms with Crippen LogP contribution in [-0.4, -0.2) is 83.8 Å². The lowest BCUT2D eigenvalue weighted by Gasteiger charge is -2.39. The fourth-order valence-corrected chi connectivity index (χ4v) is 4.22. The van der Waals surface area contributed by atoms with E-state index < -0.39 is 59.8 Å². The summed E-state index contributed by atoms with van der Waals surface area (Å²) in [6, 6.07) is 6.68. The van der Waals surface area contributed by atoms with E-state index in [1.807, 2.05) is 0 Å². The number of hydrogen-bond acceptors (Lipinski definition) is 12. The van der Waals surface area contributed by atoms with Gasteiger partial charge in [-0.15, -0.1) is 0 Å². The molecule has 0 amide bonds. The third-order valence-electron chi connectivity index (χ3n) is 6.41. The van der Waals surface area contributed by atoms with Crippen molar-refractivity contribution in [3.63, 3.8) is 0 Å². The Kier molecular flexibility index (Phi) is 7.57. The molecule has 12 nitrogen and oxygen atoms in total. The Hall–Kier alpha value is -3.39. The lowest BCUT2D eigenvalue weighted by Crippen LogP contribution is -2.60. The molecule has 0 spiro atoms. The van der Waals surface area contributed by atoms with Crippen LogP contribution in [0.5, 0.6) is 23.0 Å². The Morgan fingerprint density at radius 3 is 2.24 bits per heavy atom. The normalized spacial score (nSPS) is 24.0. The van der Waals surface area contributed by atoms with Gasteiger partial charge >= 0.3 is 0 Å². The molecule has 4 rings (SSSR count). The van der Waals surface area contributed by atoms with E-state index in [9.17, 15) is 45.6 Å². The average molecular weight is 535 g/mol. The zero-order chi connectivity index (χ0) is 27.9. The monoisotopic (exact) mass is 534 g/mol. The van der Waals surface area contributed by atoms with Crippen LogP contribution in [0, 0.1) is 0 Å². The van der Waals surface area contributed by atoms with Gasteiger partial charge in [-0.25, -0.2) is 0 Å². The highest BCUT2D eigenvalue weighted by molar-refractivity contribution is 5.90. The highest BCUT2D eigenvalue weighted by Crippen LogP contribution is 2.41. The number of aliphatic hydroxyl groups is 5. The van der Waals surface area contributed by atoms with E-state index in [2.05, 4.69) is 0 Å². The maximum Gasteiger partial charge on any atom is 0.238 e. The predicted octanol–water partition coefficient (Wildman–Crippen LogP) is 0.459. The highest BCUT2D eigenvalue weighted by Gasteiger charge is 2.45. The minimum atomic E-state index is -1.76. The second-order valence-electron chi connectivity index (χ2n) is 9.86. The van der Waals surface area contributed by atoms with Crippen LogP contribution in [0.3, 0.4) is 0 Å². The highest BCUT2D eigenvalue weighted by atomic mass is 16.7. The van der Waals surface area contributed by atoms with Crippen LogP contribution in [0.2, 0.25) is 0 Å². The van der Waals surface area contributed by atoms with E-state index in [1.54, 1.807) is 0 Å². The molecule has 5 atom stereocenters. The molecule has 1 fully saturated rings. The Bertz CT molecular complexity index is 1360. The van der Waals surface area contributed by atoms with E-state index in [0.29, 0.717) is 0 Å². The summed E-state index contributed by atoms with van der Waals surface area (Å²) in [5.74, 6) is -1.83. The van der Waals surface area contributed by atoms with Crippen LogP contribution >= 0.6 is 0 Å². The van der Waals surface area contributed by atoms with E-state index in [1.165, 1.54) is 44.2 Å². The number of rotatable bonds is 7. The van der Waals surface area contributed by atoms with Crippen molar-refractivity contribution in [3.8, 4) is 34.3 Å². The van der Waals surface area contributed by atoms with Gasteiger partial charge in [0.2, 0.25) is 17.5 Å². The number of fused-ring (bicyclic) bond motifs is 1. The van der Waals surface area contributed by atoms with Gasteiger partial charge in [-0.05, 0) is 51.0 Å². The second kappa shape index (κ2) is 10.4. The van der Waals surface area contributed by atoms with Gasteiger partial charge in [0.05, 0.1) is 12.2 Å². The standard InChI is InChI=1S/C26H30O12/c1-26(2,35)8-7-13-14(37-25-23(34)21(32)19(30)16(10-27)38-25)9-15-17(18(13)29)20(31)22(33)24(36-15)11-3-5-12(28)6-4-11/h3-6,9,16,19,21,23,25,27-30,32-35H,7-8,10H2,1-2H3/t16?,19-,21+,23?,25-/m1/s1. The molecule has 0 radical (unpaired) electrons. The first-order valence-electron chi connectivity index (χ1n) is 11.9. The molecule has 12 heteroatoms. The Balaban J connectivity index is 1.87. The quantitative estimate of drug-likeness (QED) is 0.208. The van der Waals surface area contributed by atoms with Crippen molar-refractivity contribution in [1.29, 1.82) is 0 Å². The zero-order valence-corrected chi connectivity index (χ0v) is 20.6. The van der Waals surface area contributed by atoms with Gasteiger partial charge in [-0.3, -0.25) is 4.79 Å². The van der Waals surface area contributed by atoms with Crippen molar-refractivity contribution in [2.75, 3.05) is 6.61 Å². The lowest BCUT2D eigenvalue weighted by atomic mass is 9.96. The Morgan fingerprint density at radius 2 is 1.63 bits per heavy atom. The van der Waals surface area contributed by atoms with Crippen LogP contribution in [0.25, 0.3) is 22.3 Å². The number of phenolic OH excluding ortho intramolecular Hbond substituents is 2. The number of aliphatic hydroxyl groups excluding tert-OH is 4. The summed E-state index contributed by atoms with van der Waals surface area (Å²) in [5, 5.41) is 81.3. The molecule has 1 saturated heterocycles. The van der Waals surface area contributed by atoms with Gasteiger partial charge in [0.25, 0.3) is 0 Å². The third kappa shape index (κ3) is 5.27. The molecule has 2 unspecified atom stereocenters. The lowest BCUT2D eigenvalue weighted by molar-refractivity contribution is -0.277. The molecule has 0 saturated carbocycles. The Morgan fingerprint density at radius 1 is 0.974 bits per heavy atom. The Labute approximate surface area is 216 Å². The predicted molar refractivity (Wildman–Crippen MR) is 132 cm³/mol. The summed E-state index contributed by atoms with van der Waals surface area (Å²) in [5.41, 5.74) is -2.07. The minimum absolute atomic E-state index is 0.0145. The summed E-state index contributed by atoms with van der Waals surface area (Å²) in [6.45, 7) is 2.38. The summed E-state index contributed by atoms with van der Waals surface area (Å²) in [4.78, 5) is 13.1. The molecule has 0 aliphatic carbocycles. The minimum Gasteiger partial charge on any atom is -0.508 e. The van der Waals surface area contributed by atoms with Crippen LogP contribution in [-0.2, 0) is 11.2 Å². The number of hydrogen-bond donors (Lipinski definition) is 8. The maximum absolute atomic E-state index is 13.1. The van der Waals surface area contributed by atoms with Gasteiger partial charge in [0.1, 0.15) is 52.6 Å². The van der Waals surface area contributed by atoms with Crippen molar-refractivity contribution < 1.29 is 54.7 Å². The number of phenols is 2. The molecule has 38 heavy (non-hydrogen) atoms. The molecule has 0 bridgehead atoms. The molecular formula is C26H30O12. The molecule has 8 N–H and O–H groups in total. The first-order valence-corrected chi connectivity index (χ1v) is 11.9. The molecular weight excluding hydrogens is 504 g/mol. The molecule has 2 heterocycles. The molecule has 1 aromatic heterocycles. The van der Waals surface area contributed by atoms with Gasteiger partial charge in [-0.1, -0.05) is 0 Å². The average Bonchev–Trinajstić information content (AvgIpc) is 2.86. The van der Waals surface area contributed by atoms with Crippen LogP contribution in [0.4, 0.5) is 0 Å². The van der Waals surface area contributed by atoms with E-state index >= 15 is 0 Å². The van der Waals surface area contributed by atoms with Crippen LogP contribution in [0.1, 0.15) is 25.8 Å². The van der Waals surface area contributed by atoms with Crippen molar-refractivity contribution >= 4 is 11.0 Å². The number of ether oxygens (including phenoxy) is 2. The first-order chi connectivity index (χ1) is 17.8. The van der Waals surface area contributed by atoms with Gasteiger partial charge < -0.3 is 54.7 Å². The fourth-order valence-electron chi connectivity index (χ4n) is 4.22. The largest absolute Gasteiger partial charge is 0.508 e. The van der Waals surface area contributed by atoms with Crippen molar-refractivity contribution in [3.05, 3.63) is 46.1 Å².